The van der Waals surface area contributed by atoms with Gasteiger partial charge in [0, 0.05) is 13.1 Å². The molecule has 0 aromatic heterocycles. The Morgan fingerprint density at radius 3 is 2.45 bits per heavy atom. The summed E-state index contributed by atoms with van der Waals surface area (Å²) in [7, 11) is 0. The monoisotopic (exact) mass is 156 g/mol. The Morgan fingerprint density at radius 1 is 1.27 bits per heavy atom. The molecule has 0 amide bonds. The van der Waals surface area contributed by atoms with Gasteiger partial charge in [0.1, 0.15) is 0 Å². The number of hydrogen-bond donors (Lipinski definition) is 0. The lowest BCUT2D eigenvalue weighted by atomic mass is 10.1. The summed E-state index contributed by atoms with van der Waals surface area (Å²) >= 11 is 0. The third-order valence-corrected chi connectivity index (χ3v) is 1.79. The molecule has 0 radical (unpaired) electrons. The summed E-state index contributed by atoms with van der Waals surface area (Å²) in [4.78, 5) is 11.5. The molecule has 0 bridgehead atoms. The molecule has 0 aromatic carbocycles. The first-order valence-corrected chi connectivity index (χ1v) is 3.85. The van der Waals surface area contributed by atoms with Gasteiger partial charge in [-0.1, -0.05) is 0 Å². The second-order valence-electron chi connectivity index (χ2n) is 2.68. The first-order valence-electron chi connectivity index (χ1n) is 3.85. The molecule has 0 aromatic rings. The second-order valence-corrected chi connectivity index (χ2v) is 2.68. The maximum Gasteiger partial charge on any atom is 0.250 e. The van der Waals surface area contributed by atoms with Crippen molar-refractivity contribution in [3.8, 4) is 0 Å². The van der Waals surface area contributed by atoms with Crippen LogP contribution in [-0.2, 0) is 0 Å². The van der Waals surface area contributed by atoms with Crippen molar-refractivity contribution in [3.05, 3.63) is 22.5 Å². The molecule has 1 fully saturated rings. The molecule has 1 aliphatic heterocycles. The van der Waals surface area contributed by atoms with Crippen LogP contribution in [-0.4, -0.2) is 22.9 Å². The molecule has 0 atom stereocenters. The largest absolute Gasteiger partial charge is 0.372 e. The van der Waals surface area contributed by atoms with Crippen LogP contribution in [0, 0.1) is 10.1 Å². The van der Waals surface area contributed by atoms with E-state index in [1.807, 2.05) is 4.90 Å². The minimum atomic E-state index is -0.422. The van der Waals surface area contributed by atoms with E-state index in [1.54, 1.807) is 6.20 Å². The number of nitrogens with zero attached hydrogens (tertiary/aromatic N) is 2. The van der Waals surface area contributed by atoms with Crippen LogP contribution in [0.15, 0.2) is 12.4 Å². The van der Waals surface area contributed by atoms with E-state index in [2.05, 4.69) is 0 Å². The van der Waals surface area contributed by atoms with Crippen molar-refractivity contribution < 1.29 is 4.92 Å². The quantitative estimate of drug-likeness (QED) is 0.446. The van der Waals surface area contributed by atoms with Crippen molar-refractivity contribution in [1.29, 1.82) is 0 Å². The maximum atomic E-state index is 9.93. The summed E-state index contributed by atoms with van der Waals surface area (Å²) in [5, 5.41) is 9.93. The van der Waals surface area contributed by atoms with Crippen LogP contribution in [0.3, 0.4) is 0 Å². The van der Waals surface area contributed by atoms with Gasteiger partial charge in [0.15, 0.2) is 0 Å². The van der Waals surface area contributed by atoms with Crippen LogP contribution in [0.2, 0.25) is 0 Å². The number of piperidine rings is 1. The minimum absolute atomic E-state index is 0.422. The summed E-state index contributed by atoms with van der Waals surface area (Å²) in [6.45, 7) is 1.93. The summed E-state index contributed by atoms with van der Waals surface area (Å²) in [6.07, 6.45) is 6.14. The molecular weight excluding hydrogens is 144 g/mol. The van der Waals surface area contributed by atoms with Gasteiger partial charge in [0.2, 0.25) is 6.20 Å². The van der Waals surface area contributed by atoms with Crippen LogP contribution in [0.25, 0.3) is 0 Å². The average molecular weight is 156 g/mol. The molecule has 1 heterocycles. The molecule has 4 heteroatoms. The molecule has 4 nitrogen and oxygen atoms in total. The van der Waals surface area contributed by atoms with E-state index in [0.717, 1.165) is 32.1 Å². The zero-order chi connectivity index (χ0) is 8.10. The van der Waals surface area contributed by atoms with E-state index in [4.69, 9.17) is 0 Å². The molecule has 0 spiro atoms. The molecule has 0 N–H and O–H groups in total. The minimum Gasteiger partial charge on any atom is -0.372 e. The normalized spacial score (nSPS) is 19.1. The van der Waals surface area contributed by atoms with Crippen LogP contribution in [0.1, 0.15) is 19.3 Å². The fourth-order valence-corrected chi connectivity index (χ4v) is 1.22. The first kappa shape index (κ1) is 8.04. The fraction of sp³-hybridized carbons (Fsp3) is 0.714. The molecule has 1 aliphatic rings. The SMILES string of the molecule is O=[N+]([O-])/C=C\N1CCCCC1. The average Bonchev–Trinajstić information content (AvgIpc) is 2.03. The Balaban J connectivity index is 2.29. The highest BCUT2D eigenvalue weighted by Crippen LogP contribution is 2.08. The first-order chi connectivity index (χ1) is 5.29. The number of rotatable bonds is 2. The van der Waals surface area contributed by atoms with Crippen molar-refractivity contribution in [3.63, 3.8) is 0 Å². The summed E-state index contributed by atoms with van der Waals surface area (Å²) in [5.74, 6) is 0. The predicted octanol–water partition coefficient (Wildman–Crippen LogP) is 1.22. The lowest BCUT2D eigenvalue weighted by molar-refractivity contribution is -0.403. The van der Waals surface area contributed by atoms with E-state index in [0.29, 0.717) is 0 Å². The molecule has 11 heavy (non-hydrogen) atoms. The molecule has 0 saturated carbocycles. The molecular formula is C7H12N2O2. The van der Waals surface area contributed by atoms with Gasteiger partial charge in [0.25, 0.3) is 0 Å². The number of likely N-dealkylation sites (tertiary alicyclic amines) is 1. The Labute approximate surface area is 65.6 Å². The van der Waals surface area contributed by atoms with Crippen LogP contribution in [0.5, 0.6) is 0 Å². The Bertz CT molecular complexity index is 162. The van der Waals surface area contributed by atoms with Gasteiger partial charge in [-0.05, 0) is 19.3 Å². The van der Waals surface area contributed by atoms with Crippen molar-refractivity contribution in [2.75, 3.05) is 13.1 Å². The summed E-state index contributed by atoms with van der Waals surface area (Å²) in [5.41, 5.74) is 0. The van der Waals surface area contributed by atoms with Crippen molar-refractivity contribution in [2.45, 2.75) is 19.3 Å². The van der Waals surface area contributed by atoms with E-state index in [1.165, 1.54) is 6.42 Å². The van der Waals surface area contributed by atoms with E-state index in [-0.39, 0.29) is 0 Å². The molecule has 1 saturated heterocycles. The highest BCUT2D eigenvalue weighted by Gasteiger charge is 2.05. The van der Waals surface area contributed by atoms with Crippen molar-refractivity contribution in [1.82, 2.24) is 4.90 Å². The van der Waals surface area contributed by atoms with Crippen LogP contribution < -0.4 is 0 Å². The van der Waals surface area contributed by atoms with E-state index in [9.17, 15) is 10.1 Å². The fourth-order valence-electron chi connectivity index (χ4n) is 1.22. The number of nitro groups is 1. The van der Waals surface area contributed by atoms with Gasteiger partial charge >= 0.3 is 0 Å². The zero-order valence-electron chi connectivity index (χ0n) is 6.40. The van der Waals surface area contributed by atoms with Gasteiger partial charge in [-0.2, -0.15) is 0 Å². The highest BCUT2D eigenvalue weighted by molar-refractivity contribution is 4.77. The maximum absolute atomic E-state index is 9.93. The molecule has 0 aliphatic carbocycles. The van der Waals surface area contributed by atoms with E-state index < -0.39 is 4.92 Å². The van der Waals surface area contributed by atoms with Gasteiger partial charge in [0.05, 0.1) is 11.1 Å². The lowest BCUT2D eigenvalue weighted by Crippen LogP contribution is -2.24. The Hall–Kier alpha value is -1.06. The number of hydrogen-bond acceptors (Lipinski definition) is 3. The topological polar surface area (TPSA) is 46.4 Å². The standard InChI is InChI=1S/C7H12N2O2/c10-9(11)7-6-8-4-2-1-3-5-8/h6-7H,1-5H2/b7-6-. The van der Waals surface area contributed by atoms with Gasteiger partial charge in [-0.25, -0.2) is 0 Å². The van der Waals surface area contributed by atoms with Crippen LogP contribution >= 0.6 is 0 Å². The van der Waals surface area contributed by atoms with Crippen molar-refractivity contribution in [2.24, 2.45) is 0 Å². The zero-order valence-corrected chi connectivity index (χ0v) is 6.40. The molecule has 1 rings (SSSR count). The third kappa shape index (κ3) is 3.02. The van der Waals surface area contributed by atoms with Gasteiger partial charge in [-0.15, -0.1) is 0 Å². The van der Waals surface area contributed by atoms with E-state index >= 15 is 0 Å². The summed E-state index contributed by atoms with van der Waals surface area (Å²) in [6, 6.07) is 0. The predicted molar refractivity (Wildman–Crippen MR) is 41.6 cm³/mol. The van der Waals surface area contributed by atoms with Crippen LogP contribution in [0.4, 0.5) is 0 Å². The van der Waals surface area contributed by atoms with Gasteiger partial charge < -0.3 is 4.90 Å². The van der Waals surface area contributed by atoms with Crippen molar-refractivity contribution >= 4 is 0 Å². The third-order valence-electron chi connectivity index (χ3n) is 1.79. The second kappa shape index (κ2) is 3.95. The highest BCUT2D eigenvalue weighted by atomic mass is 16.6. The lowest BCUT2D eigenvalue weighted by Gasteiger charge is -2.23. The summed E-state index contributed by atoms with van der Waals surface area (Å²) < 4.78 is 0. The Morgan fingerprint density at radius 2 is 1.91 bits per heavy atom. The Kier molecular flexibility index (Phi) is 2.89. The smallest absolute Gasteiger partial charge is 0.250 e. The van der Waals surface area contributed by atoms with Gasteiger partial charge in [-0.3, -0.25) is 10.1 Å². The molecule has 0 unspecified atom stereocenters. The molecule has 62 valence electrons.